The summed E-state index contributed by atoms with van der Waals surface area (Å²) < 4.78 is 50.9. The van der Waals surface area contributed by atoms with E-state index in [1.807, 2.05) is 31.2 Å². The molecular formula is C24H20BrF3N2O3. The Hall–Kier alpha value is -3.33. The van der Waals surface area contributed by atoms with Crippen LogP contribution in [-0.2, 0) is 12.8 Å². The Bertz CT molecular complexity index is 1130. The number of amides is 1. The van der Waals surface area contributed by atoms with Crippen molar-refractivity contribution in [3.05, 3.63) is 93.5 Å². The fraction of sp³-hybridized carbons (Fsp3) is 0.167. The summed E-state index contributed by atoms with van der Waals surface area (Å²) in [6.07, 6.45) is -3.16. The van der Waals surface area contributed by atoms with Crippen molar-refractivity contribution >= 4 is 28.1 Å². The van der Waals surface area contributed by atoms with Gasteiger partial charge in [0, 0.05) is 10.0 Å². The molecule has 1 N–H and O–H groups in total. The Morgan fingerprint density at radius 2 is 1.79 bits per heavy atom. The maximum absolute atomic E-state index is 12.8. The fourth-order valence-electron chi connectivity index (χ4n) is 2.80. The maximum Gasteiger partial charge on any atom is 0.416 e. The van der Waals surface area contributed by atoms with E-state index >= 15 is 0 Å². The summed E-state index contributed by atoms with van der Waals surface area (Å²) in [6, 6.07) is 17.0. The summed E-state index contributed by atoms with van der Waals surface area (Å²) in [6.45, 7) is 2.61. The highest BCUT2D eigenvalue weighted by Crippen LogP contribution is 2.30. The Kier molecular flexibility index (Phi) is 8.11. The van der Waals surface area contributed by atoms with Crippen molar-refractivity contribution in [2.45, 2.75) is 19.7 Å². The van der Waals surface area contributed by atoms with Crippen LogP contribution >= 0.6 is 15.9 Å². The third kappa shape index (κ3) is 7.08. The van der Waals surface area contributed by atoms with Crippen LogP contribution in [0.4, 0.5) is 13.2 Å². The molecule has 0 saturated carbocycles. The SMILES string of the molecule is CCOc1cc(/C=N\NC(=O)c2cccc(C(F)(F)F)c2)ccc1OCc1ccc(Br)cc1. The van der Waals surface area contributed by atoms with E-state index in [2.05, 4.69) is 26.5 Å². The van der Waals surface area contributed by atoms with E-state index in [1.165, 1.54) is 18.3 Å². The van der Waals surface area contributed by atoms with Gasteiger partial charge in [-0.05, 0) is 66.6 Å². The van der Waals surface area contributed by atoms with Crippen LogP contribution in [0.15, 0.2) is 76.3 Å². The average Bonchev–Trinajstić information content (AvgIpc) is 2.79. The molecule has 0 spiro atoms. The zero-order chi connectivity index (χ0) is 23.8. The maximum atomic E-state index is 12.8. The lowest BCUT2D eigenvalue weighted by Gasteiger charge is -2.12. The van der Waals surface area contributed by atoms with Gasteiger partial charge in [0.05, 0.1) is 18.4 Å². The largest absolute Gasteiger partial charge is 0.490 e. The first-order valence-electron chi connectivity index (χ1n) is 9.91. The topological polar surface area (TPSA) is 59.9 Å². The number of halogens is 4. The molecule has 3 aromatic rings. The first-order chi connectivity index (χ1) is 15.8. The number of nitrogens with zero attached hydrogens (tertiary/aromatic N) is 1. The standard InChI is InChI=1S/C24H20BrF3N2O3/c1-2-32-22-12-17(8-11-21(22)33-15-16-6-9-20(25)10-7-16)14-29-30-23(31)18-4-3-5-19(13-18)24(26,27)28/h3-14H,2,15H2,1H3,(H,30,31)/b29-14-. The van der Waals surface area contributed by atoms with Crippen molar-refractivity contribution in [2.75, 3.05) is 6.61 Å². The van der Waals surface area contributed by atoms with Crippen molar-refractivity contribution in [3.63, 3.8) is 0 Å². The molecule has 3 aromatic carbocycles. The Labute approximate surface area is 197 Å². The monoisotopic (exact) mass is 520 g/mol. The number of rotatable bonds is 8. The second kappa shape index (κ2) is 11.0. The predicted molar refractivity (Wildman–Crippen MR) is 123 cm³/mol. The minimum Gasteiger partial charge on any atom is -0.490 e. The molecule has 3 rings (SSSR count). The molecule has 9 heteroatoms. The molecule has 0 aliphatic carbocycles. The Morgan fingerprint density at radius 1 is 1.03 bits per heavy atom. The number of hydrogen-bond donors (Lipinski definition) is 1. The van der Waals surface area contributed by atoms with Gasteiger partial charge in [0.1, 0.15) is 6.61 Å². The lowest BCUT2D eigenvalue weighted by molar-refractivity contribution is -0.137. The van der Waals surface area contributed by atoms with Crippen LogP contribution in [0, 0.1) is 0 Å². The summed E-state index contributed by atoms with van der Waals surface area (Å²) in [4.78, 5) is 12.1. The second-order valence-corrected chi connectivity index (χ2v) is 7.75. The molecule has 0 aliphatic rings. The van der Waals surface area contributed by atoms with E-state index in [0.717, 1.165) is 22.2 Å². The quantitative estimate of drug-likeness (QED) is 0.283. The zero-order valence-corrected chi connectivity index (χ0v) is 19.1. The van der Waals surface area contributed by atoms with Gasteiger partial charge in [-0.15, -0.1) is 0 Å². The summed E-state index contributed by atoms with van der Waals surface area (Å²) >= 11 is 3.39. The number of hydrazone groups is 1. The average molecular weight is 521 g/mol. The van der Waals surface area contributed by atoms with Crippen LogP contribution < -0.4 is 14.9 Å². The number of ether oxygens (including phenoxy) is 2. The lowest BCUT2D eigenvalue weighted by atomic mass is 10.1. The van der Waals surface area contributed by atoms with E-state index < -0.39 is 17.6 Å². The number of carbonyl (C=O) groups is 1. The van der Waals surface area contributed by atoms with Crippen molar-refractivity contribution in [1.82, 2.24) is 5.43 Å². The van der Waals surface area contributed by atoms with Crippen LogP contribution in [0.25, 0.3) is 0 Å². The van der Waals surface area contributed by atoms with E-state index in [4.69, 9.17) is 9.47 Å². The highest BCUT2D eigenvalue weighted by Gasteiger charge is 2.30. The molecule has 0 aromatic heterocycles. The molecule has 0 aliphatic heterocycles. The van der Waals surface area contributed by atoms with Crippen molar-refractivity contribution < 1.29 is 27.4 Å². The molecule has 0 fully saturated rings. The van der Waals surface area contributed by atoms with E-state index in [-0.39, 0.29) is 5.56 Å². The Morgan fingerprint density at radius 3 is 2.48 bits per heavy atom. The van der Waals surface area contributed by atoms with E-state index in [0.29, 0.717) is 30.3 Å². The first-order valence-corrected chi connectivity index (χ1v) is 10.7. The molecule has 0 saturated heterocycles. The molecule has 0 radical (unpaired) electrons. The highest BCUT2D eigenvalue weighted by molar-refractivity contribution is 9.10. The minimum absolute atomic E-state index is 0.145. The van der Waals surface area contributed by atoms with Crippen molar-refractivity contribution in [3.8, 4) is 11.5 Å². The van der Waals surface area contributed by atoms with Crippen molar-refractivity contribution in [1.29, 1.82) is 0 Å². The molecule has 5 nitrogen and oxygen atoms in total. The number of nitrogens with one attached hydrogen (secondary N) is 1. The van der Waals surface area contributed by atoms with Crippen LogP contribution in [0.1, 0.15) is 34.0 Å². The van der Waals surface area contributed by atoms with Crippen LogP contribution in [0.5, 0.6) is 11.5 Å². The number of carbonyl (C=O) groups excluding carboxylic acids is 1. The Balaban J connectivity index is 1.66. The predicted octanol–water partition coefficient (Wildman–Crippen LogP) is 6.21. The van der Waals surface area contributed by atoms with Gasteiger partial charge in [0.15, 0.2) is 11.5 Å². The van der Waals surface area contributed by atoms with Gasteiger partial charge < -0.3 is 9.47 Å². The third-order valence-electron chi connectivity index (χ3n) is 4.41. The molecule has 0 atom stereocenters. The fourth-order valence-corrected chi connectivity index (χ4v) is 3.07. The van der Waals surface area contributed by atoms with Crippen LogP contribution in [0.3, 0.4) is 0 Å². The molecule has 33 heavy (non-hydrogen) atoms. The van der Waals surface area contributed by atoms with E-state index in [1.54, 1.807) is 18.2 Å². The van der Waals surface area contributed by atoms with Gasteiger partial charge in [0.25, 0.3) is 5.91 Å². The van der Waals surface area contributed by atoms with Gasteiger partial charge in [-0.25, -0.2) is 5.43 Å². The van der Waals surface area contributed by atoms with Gasteiger partial charge in [-0.2, -0.15) is 18.3 Å². The number of alkyl halides is 3. The van der Waals surface area contributed by atoms with Gasteiger partial charge >= 0.3 is 6.18 Å². The van der Waals surface area contributed by atoms with Crippen LogP contribution in [0.2, 0.25) is 0 Å². The summed E-state index contributed by atoms with van der Waals surface area (Å²) in [7, 11) is 0. The normalized spacial score (nSPS) is 11.4. The smallest absolute Gasteiger partial charge is 0.416 e. The van der Waals surface area contributed by atoms with Gasteiger partial charge in [0.2, 0.25) is 0 Å². The molecular weight excluding hydrogens is 501 g/mol. The molecule has 1 amide bonds. The molecule has 0 heterocycles. The molecule has 172 valence electrons. The van der Waals surface area contributed by atoms with Crippen molar-refractivity contribution in [2.24, 2.45) is 5.10 Å². The summed E-state index contributed by atoms with van der Waals surface area (Å²) in [5.41, 5.74) is 2.78. The van der Waals surface area contributed by atoms with E-state index in [9.17, 15) is 18.0 Å². The second-order valence-electron chi connectivity index (χ2n) is 6.83. The molecule has 0 unspecified atom stereocenters. The molecule has 0 bridgehead atoms. The minimum atomic E-state index is -4.53. The first kappa shape index (κ1) is 24.3. The summed E-state index contributed by atoms with van der Waals surface area (Å²) in [5, 5.41) is 3.84. The number of benzene rings is 3. The highest BCUT2D eigenvalue weighted by atomic mass is 79.9. The van der Waals surface area contributed by atoms with Crippen LogP contribution in [-0.4, -0.2) is 18.7 Å². The van der Waals surface area contributed by atoms with Gasteiger partial charge in [-0.1, -0.05) is 34.1 Å². The number of hydrogen-bond acceptors (Lipinski definition) is 4. The summed E-state index contributed by atoms with van der Waals surface area (Å²) in [5.74, 6) is 0.296. The zero-order valence-electron chi connectivity index (χ0n) is 17.5. The third-order valence-corrected chi connectivity index (χ3v) is 4.94. The van der Waals surface area contributed by atoms with Gasteiger partial charge in [-0.3, -0.25) is 4.79 Å². The lowest BCUT2D eigenvalue weighted by Crippen LogP contribution is -2.18.